The highest BCUT2D eigenvalue weighted by molar-refractivity contribution is 7.98. The first-order valence-corrected chi connectivity index (χ1v) is 13.7. The standard InChI is InChI=1S/C20H26FN3O3S3/c1-28-13-12-16(24-30(26,27)18-11-7-6-8-14(18)21)19(25)23-20-22-15-9-4-2-3-5-10-17(15)29-20/h6-8,11,16,24H,2-5,9-10,12-13H2,1H3,(H,22,23,25). The molecule has 1 aromatic heterocycles. The minimum atomic E-state index is -4.18. The predicted octanol–water partition coefficient (Wildman–Crippen LogP) is 3.98. The molecule has 1 aromatic carbocycles. The van der Waals surface area contributed by atoms with Gasteiger partial charge in [0.05, 0.1) is 5.69 Å². The van der Waals surface area contributed by atoms with Gasteiger partial charge in [-0.1, -0.05) is 25.0 Å². The molecule has 1 aliphatic carbocycles. The molecule has 1 heterocycles. The number of hydrogen-bond acceptors (Lipinski definition) is 6. The van der Waals surface area contributed by atoms with Crippen LogP contribution in [0, 0.1) is 5.82 Å². The van der Waals surface area contributed by atoms with Crippen molar-refractivity contribution in [3.63, 3.8) is 0 Å². The molecule has 1 amide bonds. The van der Waals surface area contributed by atoms with Gasteiger partial charge in [0.1, 0.15) is 16.8 Å². The molecular formula is C20H26FN3O3S3. The number of halogens is 1. The number of carbonyl (C=O) groups is 1. The lowest BCUT2D eigenvalue weighted by Crippen LogP contribution is -2.44. The summed E-state index contributed by atoms with van der Waals surface area (Å²) < 4.78 is 41.7. The van der Waals surface area contributed by atoms with Gasteiger partial charge in [0, 0.05) is 4.88 Å². The Bertz CT molecular complexity index is 953. The first kappa shape index (κ1) is 23.2. The maximum Gasteiger partial charge on any atom is 0.244 e. The van der Waals surface area contributed by atoms with Crippen LogP contribution in [0.4, 0.5) is 9.52 Å². The van der Waals surface area contributed by atoms with E-state index in [0.717, 1.165) is 37.4 Å². The van der Waals surface area contributed by atoms with Crippen molar-refractivity contribution in [2.24, 2.45) is 0 Å². The van der Waals surface area contributed by atoms with Crippen LogP contribution in [0.25, 0.3) is 0 Å². The summed E-state index contributed by atoms with van der Waals surface area (Å²) in [4.78, 5) is 18.2. The number of anilines is 1. The second-order valence-corrected chi connectivity index (χ2v) is 10.9. The van der Waals surface area contributed by atoms with Crippen molar-refractivity contribution in [2.75, 3.05) is 17.3 Å². The largest absolute Gasteiger partial charge is 0.301 e. The van der Waals surface area contributed by atoms with Gasteiger partial charge in [0.15, 0.2) is 5.13 Å². The maximum atomic E-state index is 14.0. The molecule has 0 fully saturated rings. The second-order valence-electron chi connectivity index (χ2n) is 7.18. The Morgan fingerprint density at radius 3 is 2.70 bits per heavy atom. The quantitative estimate of drug-likeness (QED) is 0.608. The Morgan fingerprint density at radius 1 is 1.23 bits per heavy atom. The van der Waals surface area contributed by atoms with E-state index in [1.54, 1.807) is 0 Å². The van der Waals surface area contributed by atoms with Gasteiger partial charge in [0.2, 0.25) is 15.9 Å². The summed E-state index contributed by atoms with van der Waals surface area (Å²) >= 11 is 2.96. The molecule has 30 heavy (non-hydrogen) atoms. The number of aromatic nitrogens is 1. The van der Waals surface area contributed by atoms with E-state index in [0.29, 0.717) is 10.9 Å². The molecule has 3 rings (SSSR count). The van der Waals surface area contributed by atoms with Crippen LogP contribution >= 0.6 is 23.1 Å². The Hall–Kier alpha value is -1.49. The summed E-state index contributed by atoms with van der Waals surface area (Å²) in [5.41, 5.74) is 1.03. The lowest BCUT2D eigenvalue weighted by molar-refractivity contribution is -0.117. The van der Waals surface area contributed by atoms with Gasteiger partial charge in [-0.05, 0) is 56.2 Å². The molecule has 0 spiro atoms. The molecule has 0 aliphatic heterocycles. The highest BCUT2D eigenvalue weighted by Gasteiger charge is 2.28. The van der Waals surface area contributed by atoms with Crippen LogP contribution in [0.2, 0.25) is 0 Å². The van der Waals surface area contributed by atoms with Crippen molar-refractivity contribution in [2.45, 2.75) is 55.9 Å². The fourth-order valence-corrected chi connectivity index (χ4v) is 6.18. The van der Waals surface area contributed by atoms with Crippen LogP contribution in [-0.2, 0) is 27.7 Å². The van der Waals surface area contributed by atoms with Crippen molar-refractivity contribution in [3.8, 4) is 0 Å². The Morgan fingerprint density at radius 2 is 1.97 bits per heavy atom. The number of aryl methyl sites for hydroxylation is 2. The van der Waals surface area contributed by atoms with Gasteiger partial charge in [0.25, 0.3) is 0 Å². The minimum absolute atomic E-state index is 0.284. The van der Waals surface area contributed by atoms with Crippen molar-refractivity contribution in [1.82, 2.24) is 9.71 Å². The number of sulfonamides is 1. The van der Waals surface area contributed by atoms with Crippen LogP contribution in [0.5, 0.6) is 0 Å². The summed E-state index contributed by atoms with van der Waals surface area (Å²) in [7, 11) is -4.18. The highest BCUT2D eigenvalue weighted by Crippen LogP contribution is 2.28. The summed E-state index contributed by atoms with van der Waals surface area (Å²) in [6, 6.07) is 4.10. The first-order valence-electron chi connectivity index (χ1n) is 9.96. The number of rotatable bonds is 8. The Balaban J connectivity index is 1.76. The molecule has 6 nitrogen and oxygen atoms in total. The average molecular weight is 472 g/mol. The van der Waals surface area contributed by atoms with Crippen LogP contribution < -0.4 is 10.0 Å². The van der Waals surface area contributed by atoms with E-state index in [-0.39, 0.29) is 6.42 Å². The monoisotopic (exact) mass is 471 g/mol. The zero-order valence-corrected chi connectivity index (χ0v) is 19.3. The van der Waals surface area contributed by atoms with E-state index in [1.807, 2.05) is 6.26 Å². The number of thiazole rings is 1. The highest BCUT2D eigenvalue weighted by atomic mass is 32.2. The van der Waals surface area contributed by atoms with Crippen LogP contribution in [0.3, 0.4) is 0 Å². The van der Waals surface area contributed by atoms with Crippen molar-refractivity contribution in [3.05, 3.63) is 40.7 Å². The number of amides is 1. The molecule has 2 aromatic rings. The van der Waals surface area contributed by atoms with Gasteiger partial charge >= 0.3 is 0 Å². The Labute approximate surface area is 185 Å². The third-order valence-corrected chi connectivity index (χ3v) is 8.15. The molecule has 1 aliphatic rings. The molecular weight excluding hydrogens is 445 g/mol. The van der Waals surface area contributed by atoms with Gasteiger partial charge in [-0.3, -0.25) is 4.79 Å². The van der Waals surface area contributed by atoms with Crippen molar-refractivity contribution < 1.29 is 17.6 Å². The predicted molar refractivity (Wildman–Crippen MR) is 120 cm³/mol. The lowest BCUT2D eigenvalue weighted by Gasteiger charge is -2.17. The molecule has 0 saturated carbocycles. The minimum Gasteiger partial charge on any atom is -0.301 e. The van der Waals surface area contributed by atoms with Crippen LogP contribution in [-0.4, -0.2) is 37.4 Å². The summed E-state index contributed by atoms with van der Waals surface area (Å²) in [6.07, 6.45) is 8.61. The van der Waals surface area contributed by atoms with Gasteiger partial charge in [-0.2, -0.15) is 16.5 Å². The number of nitrogens with one attached hydrogen (secondary N) is 2. The maximum absolute atomic E-state index is 14.0. The molecule has 164 valence electrons. The second kappa shape index (κ2) is 10.7. The average Bonchev–Trinajstić information content (AvgIpc) is 3.05. The van der Waals surface area contributed by atoms with E-state index in [9.17, 15) is 17.6 Å². The molecule has 10 heteroatoms. The zero-order valence-electron chi connectivity index (χ0n) is 16.8. The lowest BCUT2D eigenvalue weighted by atomic mass is 10.0. The zero-order chi connectivity index (χ0) is 21.6. The summed E-state index contributed by atoms with van der Waals surface area (Å²) in [5, 5.41) is 3.27. The Kier molecular flexibility index (Phi) is 8.27. The van der Waals surface area contributed by atoms with E-state index in [4.69, 9.17) is 0 Å². The smallest absolute Gasteiger partial charge is 0.244 e. The van der Waals surface area contributed by atoms with Gasteiger partial charge in [-0.25, -0.2) is 17.8 Å². The third kappa shape index (κ3) is 6.03. The summed E-state index contributed by atoms with van der Waals surface area (Å²) in [6.45, 7) is 0. The molecule has 0 bridgehead atoms. The third-order valence-electron chi connectivity index (χ3n) is 4.93. The van der Waals surface area contributed by atoms with E-state index < -0.39 is 32.7 Å². The number of hydrogen-bond donors (Lipinski definition) is 2. The normalized spacial score (nSPS) is 15.7. The molecule has 2 N–H and O–H groups in total. The molecule has 1 unspecified atom stereocenters. The number of carbonyl (C=O) groups excluding carboxylic acids is 1. The van der Waals surface area contributed by atoms with Crippen molar-refractivity contribution in [1.29, 1.82) is 0 Å². The number of fused-ring (bicyclic) bond motifs is 1. The number of thioether (sulfide) groups is 1. The first-order chi connectivity index (χ1) is 14.4. The SMILES string of the molecule is CSCCC(NS(=O)(=O)c1ccccc1F)C(=O)Nc1nc2c(s1)CCCCCC2. The van der Waals surface area contributed by atoms with Crippen LogP contribution in [0.15, 0.2) is 29.2 Å². The summed E-state index contributed by atoms with van der Waals surface area (Å²) in [5.74, 6) is -0.758. The van der Waals surface area contributed by atoms with Gasteiger partial charge < -0.3 is 5.32 Å². The molecule has 0 saturated heterocycles. The van der Waals surface area contributed by atoms with Crippen LogP contribution in [0.1, 0.15) is 42.7 Å². The van der Waals surface area contributed by atoms with E-state index in [1.165, 1.54) is 59.0 Å². The van der Waals surface area contributed by atoms with Gasteiger partial charge in [-0.15, -0.1) is 11.3 Å². The number of nitrogens with zero attached hydrogens (tertiary/aromatic N) is 1. The van der Waals surface area contributed by atoms with E-state index >= 15 is 0 Å². The fourth-order valence-electron chi connectivity index (χ4n) is 3.34. The molecule has 1 atom stereocenters. The number of benzene rings is 1. The fraction of sp³-hybridized carbons (Fsp3) is 0.500. The topological polar surface area (TPSA) is 88.2 Å². The van der Waals surface area contributed by atoms with E-state index in [2.05, 4.69) is 15.0 Å². The molecule has 0 radical (unpaired) electrons. The van der Waals surface area contributed by atoms with Crippen molar-refractivity contribution >= 4 is 44.2 Å².